The number of methoxy groups -OCH3 is 1. The number of nitrogens with zero attached hydrogens (tertiary/aromatic N) is 1. The zero-order chi connectivity index (χ0) is 15.0. The molecule has 3 aromatic rings. The van der Waals surface area contributed by atoms with Gasteiger partial charge in [0.2, 0.25) is 0 Å². The van der Waals surface area contributed by atoms with Crippen LogP contribution in [0.4, 0.5) is 15.2 Å². The van der Waals surface area contributed by atoms with E-state index in [1.54, 1.807) is 13.2 Å². The first-order chi connectivity index (χ1) is 10.1. The first-order valence-corrected chi connectivity index (χ1v) is 7.85. The van der Waals surface area contributed by atoms with Gasteiger partial charge in [-0.25, -0.2) is 9.37 Å². The molecule has 0 amide bonds. The van der Waals surface area contributed by atoms with Crippen molar-refractivity contribution in [2.24, 2.45) is 0 Å². The Hall–Kier alpha value is -1.66. The third kappa shape index (κ3) is 2.87. The maximum atomic E-state index is 13.6. The van der Waals surface area contributed by atoms with Crippen LogP contribution in [0.15, 0.2) is 34.8 Å². The lowest BCUT2D eigenvalue weighted by atomic mass is 10.2. The van der Waals surface area contributed by atoms with Crippen molar-refractivity contribution in [1.29, 1.82) is 0 Å². The van der Waals surface area contributed by atoms with E-state index in [1.807, 2.05) is 25.1 Å². The number of anilines is 2. The number of hydrogen-bond donors (Lipinski definition) is 1. The van der Waals surface area contributed by atoms with Gasteiger partial charge in [0.1, 0.15) is 11.6 Å². The average Bonchev–Trinajstić information content (AvgIpc) is 2.85. The minimum atomic E-state index is -0.300. The topological polar surface area (TPSA) is 34.1 Å². The summed E-state index contributed by atoms with van der Waals surface area (Å²) < 4.78 is 20.3. The van der Waals surface area contributed by atoms with Crippen LogP contribution in [0, 0.1) is 12.7 Å². The molecule has 21 heavy (non-hydrogen) atoms. The molecule has 108 valence electrons. The predicted molar refractivity (Wildman–Crippen MR) is 88.3 cm³/mol. The van der Waals surface area contributed by atoms with E-state index in [9.17, 15) is 4.39 Å². The molecule has 6 heteroatoms. The summed E-state index contributed by atoms with van der Waals surface area (Å²) in [6.07, 6.45) is 0. The summed E-state index contributed by atoms with van der Waals surface area (Å²) in [5, 5.41) is 3.90. The number of thiazole rings is 1. The molecule has 0 unspecified atom stereocenters. The summed E-state index contributed by atoms with van der Waals surface area (Å²) in [4.78, 5) is 4.49. The number of benzene rings is 2. The van der Waals surface area contributed by atoms with Gasteiger partial charge < -0.3 is 10.1 Å². The van der Waals surface area contributed by atoms with E-state index in [0.29, 0.717) is 10.2 Å². The highest BCUT2D eigenvalue weighted by Crippen LogP contribution is 2.32. The normalized spacial score (nSPS) is 10.9. The van der Waals surface area contributed by atoms with Gasteiger partial charge in [0.15, 0.2) is 5.13 Å². The molecule has 1 N–H and O–H groups in total. The van der Waals surface area contributed by atoms with Gasteiger partial charge in [0, 0.05) is 5.69 Å². The van der Waals surface area contributed by atoms with Crippen LogP contribution < -0.4 is 10.1 Å². The number of aryl methyl sites for hydroxylation is 1. The Morgan fingerprint density at radius 2 is 2.10 bits per heavy atom. The van der Waals surface area contributed by atoms with Crippen LogP contribution in [0.25, 0.3) is 10.2 Å². The van der Waals surface area contributed by atoms with Crippen molar-refractivity contribution in [3.05, 3.63) is 46.2 Å². The Kier molecular flexibility index (Phi) is 3.82. The van der Waals surface area contributed by atoms with E-state index < -0.39 is 0 Å². The Bertz CT molecular complexity index is 819. The van der Waals surface area contributed by atoms with Gasteiger partial charge >= 0.3 is 0 Å². The maximum absolute atomic E-state index is 13.6. The molecule has 0 aliphatic carbocycles. The van der Waals surface area contributed by atoms with Crippen LogP contribution in [0.5, 0.6) is 5.75 Å². The number of hydrogen-bond acceptors (Lipinski definition) is 4. The van der Waals surface area contributed by atoms with E-state index in [4.69, 9.17) is 4.74 Å². The smallest absolute Gasteiger partial charge is 0.188 e. The lowest BCUT2D eigenvalue weighted by Gasteiger charge is -2.07. The molecule has 3 rings (SSSR count). The zero-order valence-corrected chi connectivity index (χ0v) is 13.8. The predicted octanol–water partition coefficient (Wildman–Crippen LogP) is 5.26. The third-order valence-corrected chi connectivity index (χ3v) is 4.65. The molecule has 2 aromatic carbocycles. The minimum absolute atomic E-state index is 0.300. The summed E-state index contributed by atoms with van der Waals surface area (Å²) in [6.45, 7) is 1.92. The van der Waals surface area contributed by atoms with E-state index in [1.165, 1.54) is 17.4 Å². The second-order valence-corrected chi connectivity index (χ2v) is 6.44. The highest BCUT2D eigenvalue weighted by atomic mass is 79.9. The molecule has 0 bridgehead atoms. The van der Waals surface area contributed by atoms with Crippen molar-refractivity contribution in [3.63, 3.8) is 0 Å². The number of halogens is 2. The van der Waals surface area contributed by atoms with Gasteiger partial charge in [0.05, 0.1) is 21.8 Å². The first kappa shape index (κ1) is 14.3. The fourth-order valence-corrected chi connectivity index (χ4v) is 3.35. The monoisotopic (exact) mass is 366 g/mol. The van der Waals surface area contributed by atoms with Crippen LogP contribution >= 0.6 is 27.3 Å². The fourth-order valence-electron chi connectivity index (χ4n) is 1.98. The molecular weight excluding hydrogens is 355 g/mol. The van der Waals surface area contributed by atoms with Crippen molar-refractivity contribution in [3.8, 4) is 5.75 Å². The molecule has 0 aliphatic heterocycles. The van der Waals surface area contributed by atoms with E-state index >= 15 is 0 Å². The molecule has 0 aliphatic rings. The van der Waals surface area contributed by atoms with Crippen molar-refractivity contribution < 1.29 is 9.13 Å². The standard InChI is InChI=1S/C15H12BrFN2OS/c1-8-5-10(16)11(17)7-13(8)19-15-18-12-4-3-9(20-2)6-14(12)21-15/h3-7H,1-2H3,(H,18,19). The molecule has 1 aromatic heterocycles. The molecule has 0 radical (unpaired) electrons. The van der Waals surface area contributed by atoms with Crippen LogP contribution in [0.1, 0.15) is 5.56 Å². The summed E-state index contributed by atoms with van der Waals surface area (Å²) in [6, 6.07) is 8.93. The summed E-state index contributed by atoms with van der Waals surface area (Å²) in [5.41, 5.74) is 2.54. The van der Waals surface area contributed by atoms with Gasteiger partial charge in [0.25, 0.3) is 0 Å². The lowest BCUT2D eigenvalue weighted by molar-refractivity contribution is 0.415. The van der Waals surface area contributed by atoms with Crippen molar-refractivity contribution in [1.82, 2.24) is 4.98 Å². The second kappa shape index (κ2) is 5.61. The summed E-state index contributed by atoms with van der Waals surface area (Å²) in [7, 11) is 1.63. The number of fused-ring (bicyclic) bond motifs is 1. The highest BCUT2D eigenvalue weighted by molar-refractivity contribution is 9.10. The second-order valence-electron chi connectivity index (χ2n) is 4.56. The lowest BCUT2D eigenvalue weighted by Crippen LogP contribution is -1.94. The van der Waals surface area contributed by atoms with E-state index in [0.717, 1.165) is 26.7 Å². The molecule has 3 nitrogen and oxygen atoms in total. The third-order valence-electron chi connectivity index (χ3n) is 3.10. The minimum Gasteiger partial charge on any atom is -0.497 e. The highest BCUT2D eigenvalue weighted by Gasteiger charge is 2.09. The van der Waals surface area contributed by atoms with Gasteiger partial charge in [-0.15, -0.1) is 0 Å². The maximum Gasteiger partial charge on any atom is 0.188 e. The largest absolute Gasteiger partial charge is 0.497 e. The summed E-state index contributed by atoms with van der Waals surface area (Å²) >= 11 is 4.68. The van der Waals surface area contributed by atoms with Crippen molar-refractivity contribution >= 4 is 48.3 Å². The van der Waals surface area contributed by atoms with E-state index in [-0.39, 0.29) is 5.82 Å². The molecule has 0 saturated heterocycles. The molecule has 0 spiro atoms. The number of rotatable bonds is 3. The molecule has 0 fully saturated rings. The Balaban J connectivity index is 1.96. The number of ether oxygens (including phenoxy) is 1. The number of aromatic nitrogens is 1. The average molecular weight is 367 g/mol. The SMILES string of the molecule is COc1ccc2nc(Nc3cc(F)c(Br)cc3C)sc2c1. The molecule has 0 atom stereocenters. The Morgan fingerprint density at radius 3 is 2.86 bits per heavy atom. The van der Waals surface area contributed by atoms with Crippen LogP contribution in [0.3, 0.4) is 0 Å². The Labute approximate surface area is 133 Å². The van der Waals surface area contributed by atoms with Crippen LogP contribution in [-0.2, 0) is 0 Å². The van der Waals surface area contributed by atoms with E-state index in [2.05, 4.69) is 26.2 Å². The van der Waals surface area contributed by atoms with Gasteiger partial charge in [-0.05, 0) is 58.7 Å². The zero-order valence-electron chi connectivity index (χ0n) is 11.4. The van der Waals surface area contributed by atoms with Gasteiger partial charge in [-0.2, -0.15) is 0 Å². The molecular formula is C15H12BrFN2OS. The number of nitrogens with one attached hydrogen (secondary N) is 1. The van der Waals surface area contributed by atoms with Gasteiger partial charge in [-0.1, -0.05) is 11.3 Å². The Morgan fingerprint density at radius 1 is 1.29 bits per heavy atom. The molecule has 0 saturated carbocycles. The molecule has 1 heterocycles. The van der Waals surface area contributed by atoms with Crippen molar-refractivity contribution in [2.45, 2.75) is 6.92 Å². The quantitative estimate of drug-likeness (QED) is 0.686. The van der Waals surface area contributed by atoms with Crippen LogP contribution in [-0.4, -0.2) is 12.1 Å². The van der Waals surface area contributed by atoms with Crippen LogP contribution in [0.2, 0.25) is 0 Å². The summed E-state index contributed by atoms with van der Waals surface area (Å²) in [5.74, 6) is 0.495. The van der Waals surface area contributed by atoms with Gasteiger partial charge in [-0.3, -0.25) is 0 Å². The van der Waals surface area contributed by atoms with Crippen molar-refractivity contribution in [2.75, 3.05) is 12.4 Å². The first-order valence-electron chi connectivity index (χ1n) is 6.24. The fraction of sp³-hybridized carbons (Fsp3) is 0.133.